The Morgan fingerprint density at radius 3 is 2.66 bits per heavy atom. The van der Waals surface area contributed by atoms with Crippen molar-refractivity contribution in [2.24, 2.45) is 7.05 Å². The number of hydrogen-bond acceptors (Lipinski definition) is 6. The van der Waals surface area contributed by atoms with Crippen molar-refractivity contribution in [3.8, 4) is 0 Å². The number of ether oxygens (including phenoxy) is 1. The van der Waals surface area contributed by atoms with E-state index in [4.69, 9.17) is 4.74 Å². The minimum atomic E-state index is -0.712. The molecule has 3 atom stereocenters. The van der Waals surface area contributed by atoms with E-state index in [9.17, 15) is 19.5 Å². The first-order valence-corrected chi connectivity index (χ1v) is 11.0. The molecule has 2 aliphatic rings. The lowest BCUT2D eigenvalue weighted by molar-refractivity contribution is -0.134. The summed E-state index contributed by atoms with van der Waals surface area (Å²) in [5.41, 5.74) is 1.92. The van der Waals surface area contributed by atoms with Gasteiger partial charge in [0.25, 0.3) is 0 Å². The Balaban J connectivity index is 1.54. The molecule has 9 nitrogen and oxygen atoms in total. The molecule has 1 aromatic carbocycles. The Labute approximate surface area is 186 Å². The molecule has 3 amide bonds. The number of hydrogen-bond donors (Lipinski definition) is 2. The van der Waals surface area contributed by atoms with Gasteiger partial charge in [-0.1, -0.05) is 12.1 Å². The molecule has 32 heavy (non-hydrogen) atoms. The maximum Gasteiger partial charge on any atom is 0.410 e. The molecule has 2 saturated heterocycles. The van der Waals surface area contributed by atoms with E-state index in [1.165, 1.54) is 0 Å². The van der Waals surface area contributed by atoms with Gasteiger partial charge >= 0.3 is 6.09 Å². The van der Waals surface area contributed by atoms with E-state index >= 15 is 0 Å². The summed E-state index contributed by atoms with van der Waals surface area (Å²) in [5, 5.41) is 18.6. The fourth-order valence-corrected chi connectivity index (χ4v) is 4.56. The number of amides is 3. The molecule has 9 heteroatoms. The zero-order chi connectivity index (χ0) is 23.2. The lowest BCUT2D eigenvalue weighted by atomic mass is 9.86. The van der Waals surface area contributed by atoms with Crippen LogP contribution >= 0.6 is 0 Å². The van der Waals surface area contributed by atoms with Crippen molar-refractivity contribution in [3.63, 3.8) is 0 Å². The number of aliphatic hydroxyl groups excluding tert-OH is 1. The highest BCUT2D eigenvalue weighted by Crippen LogP contribution is 2.34. The second kappa shape index (κ2) is 8.20. The Hall–Kier alpha value is -2.94. The fourth-order valence-electron chi connectivity index (χ4n) is 4.56. The number of aliphatic hydroxyl groups is 1. The number of aryl methyl sites for hydroxylation is 1. The van der Waals surface area contributed by atoms with Crippen LogP contribution in [-0.4, -0.2) is 62.5 Å². The molecule has 0 saturated carbocycles. The van der Waals surface area contributed by atoms with Gasteiger partial charge in [0.1, 0.15) is 5.60 Å². The van der Waals surface area contributed by atoms with Gasteiger partial charge in [0.2, 0.25) is 11.8 Å². The standard InChI is InChI=1S/C23H30N4O5/c1-23(2,3)32-22(31)27-10-9-14(18(28)12-27)13-5-6-15-17(11-13)26(4)25-20(15)16-7-8-19(29)24-21(16)30/h5-6,11,14,16,18,28H,7-10,12H2,1-4H3,(H,24,29,30)/t14-,16?,18+/m1/s1. The molecule has 0 radical (unpaired) electrons. The first kappa shape index (κ1) is 22.3. The molecule has 1 aromatic heterocycles. The number of nitrogens with one attached hydrogen (secondary N) is 1. The van der Waals surface area contributed by atoms with E-state index in [-0.39, 0.29) is 24.3 Å². The zero-order valence-corrected chi connectivity index (χ0v) is 18.9. The molecule has 2 aromatic rings. The minimum Gasteiger partial charge on any atom is -0.444 e. The van der Waals surface area contributed by atoms with Gasteiger partial charge in [-0.15, -0.1) is 0 Å². The van der Waals surface area contributed by atoms with Crippen LogP contribution in [0.4, 0.5) is 4.79 Å². The SMILES string of the molecule is Cn1nc(C2CCC(=O)NC2=O)c2ccc([C@H]3CCN(C(=O)OC(C)(C)C)C[C@@H]3O)cc21. The van der Waals surface area contributed by atoms with Crippen LogP contribution in [-0.2, 0) is 21.4 Å². The van der Waals surface area contributed by atoms with Crippen LogP contribution in [0.25, 0.3) is 10.9 Å². The molecule has 2 fully saturated rings. The number of carbonyl (C=O) groups is 3. The van der Waals surface area contributed by atoms with Gasteiger partial charge in [-0.25, -0.2) is 4.79 Å². The zero-order valence-electron chi connectivity index (χ0n) is 18.9. The van der Waals surface area contributed by atoms with Crippen molar-refractivity contribution in [3.05, 3.63) is 29.5 Å². The third-order valence-corrected chi connectivity index (χ3v) is 6.14. The number of likely N-dealkylation sites (tertiary alicyclic amines) is 1. The molecule has 2 aliphatic heterocycles. The predicted molar refractivity (Wildman–Crippen MR) is 117 cm³/mol. The summed E-state index contributed by atoms with van der Waals surface area (Å²) in [7, 11) is 1.82. The highest BCUT2D eigenvalue weighted by atomic mass is 16.6. The molecule has 1 unspecified atom stereocenters. The first-order chi connectivity index (χ1) is 15.0. The van der Waals surface area contributed by atoms with Crippen molar-refractivity contribution >= 4 is 28.8 Å². The smallest absolute Gasteiger partial charge is 0.410 e. The Morgan fingerprint density at radius 1 is 1.25 bits per heavy atom. The number of fused-ring (bicyclic) bond motifs is 1. The number of piperidine rings is 2. The van der Waals surface area contributed by atoms with Crippen molar-refractivity contribution in [2.75, 3.05) is 13.1 Å². The summed E-state index contributed by atoms with van der Waals surface area (Å²) >= 11 is 0. The number of nitrogens with zero attached hydrogens (tertiary/aromatic N) is 3. The third-order valence-electron chi connectivity index (χ3n) is 6.14. The highest BCUT2D eigenvalue weighted by molar-refractivity contribution is 6.02. The van der Waals surface area contributed by atoms with Gasteiger partial charge in [0.15, 0.2) is 0 Å². The van der Waals surface area contributed by atoms with Crippen LogP contribution in [0.5, 0.6) is 0 Å². The molecule has 0 spiro atoms. The van der Waals surface area contributed by atoms with Crippen LogP contribution in [0.1, 0.15) is 63.1 Å². The summed E-state index contributed by atoms with van der Waals surface area (Å²) in [6.07, 6.45) is 0.238. The number of carbonyl (C=O) groups excluding carboxylic acids is 3. The van der Waals surface area contributed by atoms with Gasteiger partial charge in [-0.05, 0) is 45.2 Å². The summed E-state index contributed by atoms with van der Waals surface area (Å²) in [6, 6.07) is 5.88. The molecular weight excluding hydrogens is 412 g/mol. The van der Waals surface area contributed by atoms with Crippen molar-refractivity contribution in [1.29, 1.82) is 0 Å². The number of aromatic nitrogens is 2. The number of β-amino-alcohol motifs (C(OH)–C–C–N with tert-alkyl or cyclic N) is 1. The average molecular weight is 443 g/mol. The van der Waals surface area contributed by atoms with Crippen LogP contribution in [0, 0.1) is 0 Å². The quantitative estimate of drug-likeness (QED) is 0.689. The van der Waals surface area contributed by atoms with Crippen molar-refractivity contribution in [2.45, 2.75) is 63.6 Å². The van der Waals surface area contributed by atoms with Crippen LogP contribution < -0.4 is 5.32 Å². The van der Waals surface area contributed by atoms with E-state index in [0.29, 0.717) is 31.5 Å². The summed E-state index contributed by atoms with van der Waals surface area (Å²) in [4.78, 5) is 37.7. The molecular formula is C23H30N4O5. The Kier molecular flexibility index (Phi) is 5.70. The van der Waals surface area contributed by atoms with Gasteiger partial charge in [0, 0.05) is 31.3 Å². The maximum absolute atomic E-state index is 12.3. The normalized spacial score (nSPS) is 24.5. The van der Waals surface area contributed by atoms with Crippen LogP contribution in [0.3, 0.4) is 0 Å². The molecule has 3 heterocycles. The molecule has 2 N–H and O–H groups in total. The lowest BCUT2D eigenvalue weighted by Crippen LogP contribution is -2.47. The van der Waals surface area contributed by atoms with Crippen LogP contribution in [0.15, 0.2) is 18.2 Å². The molecule has 4 rings (SSSR count). The largest absolute Gasteiger partial charge is 0.444 e. The van der Waals surface area contributed by atoms with Gasteiger partial charge < -0.3 is 14.7 Å². The van der Waals surface area contributed by atoms with Crippen molar-refractivity contribution < 1.29 is 24.2 Å². The predicted octanol–water partition coefficient (Wildman–Crippen LogP) is 2.18. The highest BCUT2D eigenvalue weighted by Gasteiger charge is 2.35. The van der Waals surface area contributed by atoms with Crippen LogP contribution in [0.2, 0.25) is 0 Å². The van der Waals surface area contributed by atoms with E-state index in [1.54, 1.807) is 9.58 Å². The first-order valence-electron chi connectivity index (χ1n) is 11.0. The van der Waals surface area contributed by atoms with Crippen molar-refractivity contribution in [1.82, 2.24) is 20.0 Å². The summed E-state index contributed by atoms with van der Waals surface area (Å²) in [5.74, 6) is -1.13. The Bertz CT molecular complexity index is 1070. The second-order valence-corrected chi connectivity index (χ2v) is 9.68. The van der Waals surface area contributed by atoms with E-state index in [1.807, 2.05) is 46.0 Å². The molecule has 0 aliphatic carbocycles. The lowest BCUT2D eigenvalue weighted by Gasteiger charge is -2.37. The number of imide groups is 1. The summed E-state index contributed by atoms with van der Waals surface area (Å²) < 4.78 is 7.16. The molecule has 0 bridgehead atoms. The van der Waals surface area contributed by atoms with Gasteiger partial charge in [-0.2, -0.15) is 5.10 Å². The fraction of sp³-hybridized carbons (Fsp3) is 0.565. The van der Waals surface area contributed by atoms with E-state index in [2.05, 4.69) is 10.4 Å². The number of rotatable bonds is 2. The van der Waals surface area contributed by atoms with E-state index < -0.39 is 23.7 Å². The second-order valence-electron chi connectivity index (χ2n) is 9.68. The van der Waals surface area contributed by atoms with Gasteiger partial charge in [0.05, 0.1) is 29.8 Å². The minimum absolute atomic E-state index is 0.118. The van der Waals surface area contributed by atoms with E-state index in [0.717, 1.165) is 16.5 Å². The maximum atomic E-state index is 12.3. The van der Waals surface area contributed by atoms with Gasteiger partial charge in [-0.3, -0.25) is 19.6 Å². The average Bonchev–Trinajstić information content (AvgIpc) is 3.02. The monoisotopic (exact) mass is 442 g/mol. The summed E-state index contributed by atoms with van der Waals surface area (Å²) in [6.45, 7) is 6.17. The third kappa shape index (κ3) is 4.34. The topological polar surface area (TPSA) is 114 Å². The number of benzene rings is 1. The molecule has 172 valence electrons. The Morgan fingerprint density at radius 2 is 2.00 bits per heavy atom.